The van der Waals surface area contributed by atoms with Gasteiger partial charge in [-0.1, -0.05) is 17.7 Å². The fraction of sp³-hybridized carbons (Fsp3) is 0.0714. The lowest BCUT2D eigenvalue weighted by atomic mass is 10.1. The van der Waals surface area contributed by atoms with Crippen molar-refractivity contribution >= 4 is 16.8 Å². The largest absolute Gasteiger partial charge is 0.434 e. The molecule has 3 nitrogen and oxygen atoms in total. The first-order chi connectivity index (χ1) is 8.63. The van der Waals surface area contributed by atoms with Crippen LogP contribution in [0.25, 0.3) is 22.6 Å². The van der Waals surface area contributed by atoms with Crippen LogP contribution < -0.4 is 5.73 Å². The third kappa shape index (κ3) is 1.72. The van der Waals surface area contributed by atoms with Gasteiger partial charge in [-0.15, -0.1) is 0 Å². The zero-order chi connectivity index (χ0) is 12.7. The van der Waals surface area contributed by atoms with Crippen molar-refractivity contribution in [3.63, 3.8) is 0 Å². The molecule has 0 saturated heterocycles. The smallest absolute Gasteiger partial charge is 0.227 e. The maximum absolute atomic E-state index is 13.2. The first-order valence-corrected chi connectivity index (χ1v) is 5.56. The summed E-state index contributed by atoms with van der Waals surface area (Å²) in [5.41, 5.74) is 8.78. The molecular formula is C14H11FN2O. The zero-order valence-electron chi connectivity index (χ0n) is 9.77. The molecule has 0 aliphatic heterocycles. The summed E-state index contributed by atoms with van der Waals surface area (Å²) in [6.07, 6.45) is 0. The number of hydrogen-bond donors (Lipinski definition) is 1. The summed E-state index contributed by atoms with van der Waals surface area (Å²) in [6, 6.07) is 10.3. The molecule has 0 atom stereocenters. The summed E-state index contributed by atoms with van der Waals surface area (Å²) in [5.74, 6) is 0.0371. The molecule has 2 aromatic carbocycles. The molecule has 0 aliphatic carbocycles. The number of benzene rings is 2. The molecule has 0 saturated carbocycles. The van der Waals surface area contributed by atoms with Gasteiger partial charge in [0.2, 0.25) is 5.89 Å². The van der Waals surface area contributed by atoms with Crippen LogP contribution in [0, 0.1) is 12.7 Å². The van der Waals surface area contributed by atoms with Crippen LogP contribution in [-0.4, -0.2) is 4.98 Å². The number of anilines is 1. The Kier molecular flexibility index (Phi) is 2.30. The minimum Gasteiger partial charge on any atom is -0.434 e. The topological polar surface area (TPSA) is 52.0 Å². The van der Waals surface area contributed by atoms with Gasteiger partial charge in [-0.2, -0.15) is 0 Å². The van der Waals surface area contributed by atoms with Crippen LogP contribution in [0.4, 0.5) is 10.1 Å². The highest BCUT2D eigenvalue weighted by Crippen LogP contribution is 2.28. The average Bonchev–Trinajstić information content (AvgIpc) is 2.73. The number of nitrogen functional groups attached to an aromatic ring is 1. The molecule has 1 heterocycles. The average molecular weight is 242 g/mol. The maximum atomic E-state index is 13.2. The van der Waals surface area contributed by atoms with Crippen LogP contribution in [0.1, 0.15) is 5.56 Å². The molecular weight excluding hydrogens is 231 g/mol. The van der Waals surface area contributed by atoms with E-state index in [4.69, 9.17) is 10.2 Å². The number of hydrogen-bond acceptors (Lipinski definition) is 3. The molecule has 18 heavy (non-hydrogen) atoms. The van der Waals surface area contributed by atoms with Crippen molar-refractivity contribution in [2.75, 3.05) is 5.73 Å². The minimum absolute atomic E-state index is 0.261. The van der Waals surface area contributed by atoms with E-state index in [0.29, 0.717) is 17.0 Å². The normalized spacial score (nSPS) is 11.0. The Labute approximate surface area is 103 Å². The fourth-order valence-electron chi connectivity index (χ4n) is 1.92. The third-order valence-corrected chi connectivity index (χ3v) is 2.75. The molecule has 0 bridgehead atoms. The number of oxazole rings is 1. The van der Waals surface area contributed by atoms with Crippen LogP contribution in [0.5, 0.6) is 0 Å². The lowest BCUT2D eigenvalue weighted by Gasteiger charge is -1.96. The standard InChI is InChI=1S/C14H11FN2O/c1-8-3-2-4-9(5-8)14-17-12-7-10(15)6-11(16)13(12)18-14/h2-7H,16H2,1H3. The molecule has 0 spiro atoms. The predicted octanol–water partition coefficient (Wildman–Crippen LogP) is 3.52. The van der Waals surface area contributed by atoms with Crippen LogP contribution in [0.15, 0.2) is 40.8 Å². The van der Waals surface area contributed by atoms with E-state index in [2.05, 4.69) is 4.98 Å². The number of rotatable bonds is 1. The Morgan fingerprint density at radius 3 is 2.83 bits per heavy atom. The molecule has 0 radical (unpaired) electrons. The monoisotopic (exact) mass is 242 g/mol. The SMILES string of the molecule is Cc1cccc(-c2nc3cc(F)cc(N)c3o2)c1. The van der Waals surface area contributed by atoms with Gasteiger partial charge >= 0.3 is 0 Å². The van der Waals surface area contributed by atoms with Gasteiger partial charge in [0.05, 0.1) is 5.69 Å². The van der Waals surface area contributed by atoms with Crippen LogP contribution >= 0.6 is 0 Å². The molecule has 0 unspecified atom stereocenters. The summed E-state index contributed by atoms with van der Waals surface area (Å²) in [4.78, 5) is 4.26. The van der Waals surface area contributed by atoms with Crippen LogP contribution in [0.3, 0.4) is 0 Å². The molecule has 2 N–H and O–H groups in total. The second-order valence-corrected chi connectivity index (χ2v) is 4.23. The number of fused-ring (bicyclic) bond motifs is 1. The number of aromatic nitrogens is 1. The highest BCUT2D eigenvalue weighted by molar-refractivity contribution is 5.86. The number of nitrogens with two attached hydrogens (primary N) is 1. The molecule has 0 fully saturated rings. The second kappa shape index (κ2) is 3.84. The van der Waals surface area contributed by atoms with E-state index < -0.39 is 5.82 Å². The number of halogens is 1. The zero-order valence-corrected chi connectivity index (χ0v) is 9.77. The van der Waals surface area contributed by atoms with E-state index in [1.165, 1.54) is 12.1 Å². The Hall–Kier alpha value is -2.36. The lowest BCUT2D eigenvalue weighted by Crippen LogP contribution is -1.86. The van der Waals surface area contributed by atoms with E-state index in [1.54, 1.807) is 0 Å². The Morgan fingerprint density at radius 2 is 2.06 bits per heavy atom. The van der Waals surface area contributed by atoms with Gasteiger partial charge < -0.3 is 10.2 Å². The van der Waals surface area contributed by atoms with E-state index in [-0.39, 0.29) is 5.69 Å². The van der Waals surface area contributed by atoms with E-state index >= 15 is 0 Å². The first kappa shape index (κ1) is 10.8. The van der Waals surface area contributed by atoms with Gasteiger partial charge in [0.15, 0.2) is 5.58 Å². The van der Waals surface area contributed by atoms with Gasteiger partial charge in [0, 0.05) is 17.7 Å². The Bertz CT molecular complexity index is 734. The van der Waals surface area contributed by atoms with Gasteiger partial charge in [0.1, 0.15) is 11.3 Å². The maximum Gasteiger partial charge on any atom is 0.227 e. The Morgan fingerprint density at radius 1 is 1.22 bits per heavy atom. The van der Waals surface area contributed by atoms with Crippen LogP contribution in [-0.2, 0) is 0 Å². The Balaban J connectivity index is 2.22. The summed E-state index contributed by atoms with van der Waals surface area (Å²) in [5, 5.41) is 0. The van der Waals surface area contributed by atoms with Crippen molar-refractivity contribution in [2.24, 2.45) is 0 Å². The van der Waals surface area contributed by atoms with Crippen molar-refractivity contribution in [3.05, 3.63) is 47.8 Å². The lowest BCUT2D eigenvalue weighted by molar-refractivity contribution is 0.615. The second-order valence-electron chi connectivity index (χ2n) is 4.23. The highest BCUT2D eigenvalue weighted by Gasteiger charge is 2.11. The van der Waals surface area contributed by atoms with Crippen molar-refractivity contribution in [3.8, 4) is 11.5 Å². The predicted molar refractivity (Wildman–Crippen MR) is 68.6 cm³/mol. The van der Waals surface area contributed by atoms with Crippen molar-refractivity contribution in [1.82, 2.24) is 4.98 Å². The van der Waals surface area contributed by atoms with E-state index in [1.807, 2.05) is 31.2 Å². The molecule has 3 aromatic rings. The van der Waals surface area contributed by atoms with Gasteiger partial charge in [-0.05, 0) is 19.1 Å². The van der Waals surface area contributed by atoms with Crippen molar-refractivity contribution < 1.29 is 8.81 Å². The third-order valence-electron chi connectivity index (χ3n) is 2.75. The fourth-order valence-corrected chi connectivity index (χ4v) is 1.92. The number of nitrogens with zero attached hydrogens (tertiary/aromatic N) is 1. The molecule has 0 amide bonds. The van der Waals surface area contributed by atoms with E-state index in [0.717, 1.165) is 11.1 Å². The molecule has 1 aromatic heterocycles. The van der Waals surface area contributed by atoms with E-state index in [9.17, 15) is 4.39 Å². The quantitative estimate of drug-likeness (QED) is 0.664. The number of aryl methyl sites for hydroxylation is 1. The molecule has 0 aliphatic rings. The highest BCUT2D eigenvalue weighted by atomic mass is 19.1. The molecule has 90 valence electrons. The summed E-state index contributed by atoms with van der Waals surface area (Å²) >= 11 is 0. The molecule has 3 rings (SSSR count). The van der Waals surface area contributed by atoms with Gasteiger partial charge in [-0.25, -0.2) is 9.37 Å². The van der Waals surface area contributed by atoms with Crippen molar-refractivity contribution in [1.29, 1.82) is 0 Å². The first-order valence-electron chi connectivity index (χ1n) is 5.56. The minimum atomic E-state index is -0.413. The summed E-state index contributed by atoms with van der Waals surface area (Å²) in [6.45, 7) is 1.99. The van der Waals surface area contributed by atoms with Crippen LogP contribution in [0.2, 0.25) is 0 Å². The van der Waals surface area contributed by atoms with Crippen molar-refractivity contribution in [2.45, 2.75) is 6.92 Å². The van der Waals surface area contributed by atoms with Gasteiger partial charge in [-0.3, -0.25) is 0 Å². The van der Waals surface area contributed by atoms with Gasteiger partial charge in [0.25, 0.3) is 0 Å². The summed E-state index contributed by atoms with van der Waals surface area (Å²) in [7, 11) is 0. The molecule has 4 heteroatoms. The summed E-state index contributed by atoms with van der Waals surface area (Å²) < 4.78 is 18.8.